The zero-order valence-corrected chi connectivity index (χ0v) is 16.1. The van der Waals surface area contributed by atoms with E-state index in [1.165, 1.54) is 11.3 Å². The second-order valence-electron chi connectivity index (χ2n) is 5.92. The summed E-state index contributed by atoms with van der Waals surface area (Å²) in [6.45, 7) is 1.87. The van der Waals surface area contributed by atoms with E-state index in [1.54, 1.807) is 42.3 Å². The molecule has 0 aliphatic rings. The lowest BCUT2D eigenvalue weighted by molar-refractivity contribution is -0.131. The minimum atomic E-state index is -3.24. The van der Waals surface area contributed by atoms with Gasteiger partial charge < -0.3 is 4.90 Å². The largest absolute Gasteiger partial charge is 0.339 e. The van der Waals surface area contributed by atoms with Crippen molar-refractivity contribution in [1.29, 1.82) is 0 Å². The summed E-state index contributed by atoms with van der Waals surface area (Å²) >= 11 is 1.37. The highest BCUT2D eigenvalue weighted by molar-refractivity contribution is 7.90. The Hall–Kier alpha value is -1.99. The van der Waals surface area contributed by atoms with E-state index in [0.29, 0.717) is 4.88 Å². The number of ketones is 1. The quantitative estimate of drug-likeness (QED) is 0.692. The first-order chi connectivity index (χ1) is 11.7. The van der Waals surface area contributed by atoms with Crippen LogP contribution in [0, 0.1) is 0 Å². The van der Waals surface area contributed by atoms with Gasteiger partial charge in [0.2, 0.25) is 5.91 Å². The van der Waals surface area contributed by atoms with Crippen molar-refractivity contribution in [3.8, 4) is 0 Å². The topological polar surface area (TPSA) is 71.5 Å². The number of benzene rings is 1. The Morgan fingerprint density at radius 2 is 1.76 bits per heavy atom. The highest BCUT2D eigenvalue weighted by Crippen LogP contribution is 2.22. The number of carbonyl (C=O) groups excluding carboxylic acids is 2. The van der Waals surface area contributed by atoms with Crippen molar-refractivity contribution < 1.29 is 18.0 Å². The van der Waals surface area contributed by atoms with Crippen molar-refractivity contribution in [3.05, 3.63) is 52.2 Å². The predicted molar refractivity (Wildman–Crippen MR) is 98.6 cm³/mol. The molecule has 0 spiro atoms. The normalized spacial score (nSPS) is 12.6. The maximum Gasteiger partial charge on any atom is 0.223 e. The molecule has 1 heterocycles. The Balaban J connectivity index is 1.97. The van der Waals surface area contributed by atoms with Gasteiger partial charge in [-0.05, 0) is 36.1 Å². The number of Topliss-reactive ketones (excluding diaryl/α,β-unsaturated/α-hetero) is 1. The van der Waals surface area contributed by atoms with Crippen LogP contribution in [0.2, 0.25) is 0 Å². The van der Waals surface area contributed by atoms with Gasteiger partial charge in [0, 0.05) is 26.1 Å². The standard InChI is InChI=1S/C18H21NO4S2/c1-13(14-6-8-15(9-7-14)25(3,22)23)19(2)18(21)11-10-16(20)17-5-4-12-24-17/h4-9,12-13H,10-11H2,1-3H3/t13-/m0/s1. The van der Waals surface area contributed by atoms with Gasteiger partial charge in [0.25, 0.3) is 0 Å². The number of sulfone groups is 1. The average molecular weight is 380 g/mol. The molecule has 134 valence electrons. The monoisotopic (exact) mass is 379 g/mol. The number of rotatable bonds is 7. The van der Waals surface area contributed by atoms with Crippen LogP contribution in [0.3, 0.4) is 0 Å². The molecule has 0 aliphatic heterocycles. The zero-order valence-electron chi connectivity index (χ0n) is 14.4. The van der Waals surface area contributed by atoms with Crippen LogP contribution in [0.5, 0.6) is 0 Å². The van der Waals surface area contributed by atoms with Crippen LogP contribution in [0.1, 0.15) is 41.0 Å². The van der Waals surface area contributed by atoms with Crippen LogP contribution in [0.25, 0.3) is 0 Å². The minimum absolute atomic E-state index is 0.0260. The Morgan fingerprint density at radius 1 is 1.12 bits per heavy atom. The molecule has 5 nitrogen and oxygen atoms in total. The van der Waals surface area contributed by atoms with Gasteiger partial charge in [-0.2, -0.15) is 0 Å². The van der Waals surface area contributed by atoms with Gasteiger partial charge in [-0.15, -0.1) is 11.3 Å². The summed E-state index contributed by atoms with van der Waals surface area (Å²) in [5, 5.41) is 1.84. The van der Waals surface area contributed by atoms with Crippen molar-refractivity contribution in [3.63, 3.8) is 0 Å². The van der Waals surface area contributed by atoms with Gasteiger partial charge in [0.05, 0.1) is 15.8 Å². The van der Waals surface area contributed by atoms with Crippen LogP contribution >= 0.6 is 11.3 Å². The van der Waals surface area contributed by atoms with Gasteiger partial charge in [-0.1, -0.05) is 18.2 Å². The second-order valence-corrected chi connectivity index (χ2v) is 8.89. The molecule has 25 heavy (non-hydrogen) atoms. The first-order valence-electron chi connectivity index (χ1n) is 7.82. The maximum absolute atomic E-state index is 12.3. The lowest BCUT2D eigenvalue weighted by atomic mass is 10.1. The van der Waals surface area contributed by atoms with Gasteiger partial charge in [-0.25, -0.2) is 8.42 Å². The molecule has 0 N–H and O–H groups in total. The number of carbonyl (C=O) groups is 2. The maximum atomic E-state index is 12.3. The van der Waals surface area contributed by atoms with Crippen LogP contribution in [-0.2, 0) is 14.6 Å². The third-order valence-corrected chi connectivity index (χ3v) is 6.17. The lowest BCUT2D eigenvalue weighted by Gasteiger charge is -2.25. The molecule has 0 bridgehead atoms. The summed E-state index contributed by atoms with van der Waals surface area (Å²) in [5.74, 6) is -0.147. The molecule has 0 saturated carbocycles. The minimum Gasteiger partial charge on any atom is -0.339 e. The summed E-state index contributed by atoms with van der Waals surface area (Å²) in [6.07, 6.45) is 1.49. The Bertz CT molecular complexity index is 840. The molecule has 7 heteroatoms. The van der Waals surface area contributed by atoms with Crippen molar-refractivity contribution in [1.82, 2.24) is 4.90 Å². The van der Waals surface area contributed by atoms with Crippen molar-refractivity contribution in [2.45, 2.75) is 30.7 Å². The van der Waals surface area contributed by atoms with Crippen molar-refractivity contribution >= 4 is 32.9 Å². The van der Waals surface area contributed by atoms with E-state index in [4.69, 9.17) is 0 Å². The summed E-state index contributed by atoms with van der Waals surface area (Å²) in [6, 6.07) is 9.86. The van der Waals surface area contributed by atoms with Crippen LogP contribution in [0.4, 0.5) is 0 Å². The molecule has 0 fully saturated rings. The third-order valence-electron chi connectivity index (χ3n) is 4.13. The smallest absolute Gasteiger partial charge is 0.223 e. The fraction of sp³-hybridized carbons (Fsp3) is 0.333. The van der Waals surface area contributed by atoms with Gasteiger partial charge in [0.1, 0.15) is 0 Å². The summed E-state index contributed by atoms with van der Waals surface area (Å²) in [7, 11) is -1.55. The van der Waals surface area contributed by atoms with E-state index < -0.39 is 9.84 Å². The Kier molecular flexibility index (Phi) is 6.13. The number of hydrogen-bond donors (Lipinski definition) is 0. The van der Waals surface area contributed by atoms with E-state index in [1.807, 2.05) is 18.4 Å². The molecule has 1 atom stereocenters. The van der Waals surface area contributed by atoms with Gasteiger partial charge >= 0.3 is 0 Å². The molecule has 0 saturated heterocycles. The highest BCUT2D eigenvalue weighted by atomic mass is 32.2. The van der Waals surface area contributed by atoms with Crippen molar-refractivity contribution in [2.24, 2.45) is 0 Å². The van der Waals surface area contributed by atoms with Crippen LogP contribution in [0.15, 0.2) is 46.7 Å². The molecule has 1 aromatic heterocycles. The van der Waals surface area contributed by atoms with E-state index in [2.05, 4.69) is 0 Å². The molecule has 0 unspecified atom stereocenters. The number of hydrogen-bond acceptors (Lipinski definition) is 5. The summed E-state index contributed by atoms with van der Waals surface area (Å²) in [4.78, 5) is 26.8. The number of amides is 1. The molecule has 2 rings (SSSR count). The Morgan fingerprint density at radius 3 is 2.28 bits per heavy atom. The summed E-state index contributed by atoms with van der Waals surface area (Å²) < 4.78 is 23.0. The molecular formula is C18H21NO4S2. The number of nitrogens with zero attached hydrogens (tertiary/aromatic N) is 1. The fourth-order valence-electron chi connectivity index (χ4n) is 2.39. The highest BCUT2D eigenvalue weighted by Gasteiger charge is 2.19. The molecule has 2 aromatic rings. The first-order valence-corrected chi connectivity index (χ1v) is 10.6. The van der Waals surface area contributed by atoms with Crippen molar-refractivity contribution in [2.75, 3.05) is 13.3 Å². The zero-order chi connectivity index (χ0) is 18.6. The number of thiophene rings is 1. The van der Waals surface area contributed by atoms with E-state index in [0.717, 1.165) is 11.8 Å². The molecule has 1 amide bonds. The molecule has 0 aliphatic carbocycles. The lowest BCUT2D eigenvalue weighted by Crippen LogP contribution is -2.29. The predicted octanol–water partition coefficient (Wildman–Crippen LogP) is 3.33. The molecule has 0 radical (unpaired) electrons. The summed E-state index contributed by atoms with van der Waals surface area (Å²) in [5.41, 5.74) is 0.841. The van der Waals surface area contributed by atoms with Gasteiger partial charge in [0.15, 0.2) is 15.6 Å². The molecule has 1 aromatic carbocycles. The third kappa shape index (κ3) is 4.99. The first kappa shape index (κ1) is 19.3. The SMILES string of the molecule is C[C@@H](c1ccc(S(C)(=O)=O)cc1)N(C)C(=O)CCC(=O)c1cccs1. The second kappa shape index (κ2) is 7.93. The average Bonchev–Trinajstić information content (AvgIpc) is 3.12. The Labute approximate surface area is 152 Å². The molecular weight excluding hydrogens is 358 g/mol. The van der Waals surface area contributed by atoms with E-state index >= 15 is 0 Å². The fourth-order valence-corrected chi connectivity index (χ4v) is 3.72. The van der Waals surface area contributed by atoms with Crippen LogP contribution in [-0.4, -0.2) is 38.3 Å². The van der Waals surface area contributed by atoms with E-state index in [-0.39, 0.29) is 35.5 Å². The van der Waals surface area contributed by atoms with E-state index in [9.17, 15) is 18.0 Å². The van der Waals surface area contributed by atoms with Crippen LogP contribution < -0.4 is 0 Å². The van der Waals surface area contributed by atoms with Gasteiger partial charge in [-0.3, -0.25) is 9.59 Å².